The number of carbonyl (C=O) groups excluding carboxylic acids is 3. The molecule has 2 amide bonds. The molecule has 0 unspecified atom stereocenters. The second-order valence-corrected chi connectivity index (χ2v) is 5.35. The number of methoxy groups -OCH3 is 1. The van der Waals surface area contributed by atoms with Gasteiger partial charge in [-0.1, -0.05) is 18.2 Å². The number of carbonyl (C=O) groups is 3. The Morgan fingerprint density at radius 1 is 1.04 bits per heavy atom. The Bertz CT molecular complexity index is 909. The first-order valence-electron chi connectivity index (χ1n) is 7.70. The number of nitrogens with one attached hydrogen (secondary N) is 2. The number of ether oxygens (including phenoxy) is 1. The van der Waals surface area contributed by atoms with Crippen LogP contribution in [0.15, 0.2) is 53.6 Å². The maximum Gasteiger partial charge on any atom is 0.416 e. The van der Waals surface area contributed by atoms with E-state index in [1.807, 2.05) is 5.43 Å². The molecule has 28 heavy (non-hydrogen) atoms. The zero-order valence-electron chi connectivity index (χ0n) is 14.4. The second-order valence-electron chi connectivity index (χ2n) is 5.35. The molecule has 0 saturated carbocycles. The van der Waals surface area contributed by atoms with E-state index >= 15 is 0 Å². The minimum Gasteiger partial charge on any atom is -0.465 e. The average molecular weight is 393 g/mol. The van der Waals surface area contributed by atoms with Crippen LogP contribution < -0.4 is 10.7 Å². The molecule has 0 fully saturated rings. The van der Waals surface area contributed by atoms with Gasteiger partial charge in [-0.3, -0.25) is 9.59 Å². The molecule has 2 aromatic carbocycles. The molecule has 0 aliphatic carbocycles. The van der Waals surface area contributed by atoms with Crippen LogP contribution in [-0.4, -0.2) is 31.1 Å². The summed E-state index contributed by atoms with van der Waals surface area (Å²) >= 11 is 0. The van der Waals surface area contributed by atoms with Crippen molar-refractivity contribution in [3.8, 4) is 0 Å². The number of anilines is 1. The van der Waals surface area contributed by atoms with Crippen molar-refractivity contribution >= 4 is 29.7 Å². The van der Waals surface area contributed by atoms with Gasteiger partial charge in [0.25, 0.3) is 0 Å². The number of rotatable bonds is 4. The van der Waals surface area contributed by atoms with Crippen LogP contribution in [0.3, 0.4) is 0 Å². The first-order valence-corrected chi connectivity index (χ1v) is 7.70. The molecule has 2 rings (SSSR count). The van der Waals surface area contributed by atoms with Gasteiger partial charge in [0, 0.05) is 5.69 Å². The summed E-state index contributed by atoms with van der Waals surface area (Å²) in [6.45, 7) is 0. The van der Waals surface area contributed by atoms with Crippen molar-refractivity contribution in [3.63, 3.8) is 0 Å². The van der Waals surface area contributed by atoms with Crippen LogP contribution in [0.2, 0.25) is 0 Å². The van der Waals surface area contributed by atoms with Crippen LogP contribution in [0.1, 0.15) is 21.5 Å². The highest BCUT2D eigenvalue weighted by Gasteiger charge is 2.30. The molecule has 0 aliphatic heterocycles. The molecule has 0 aromatic heterocycles. The second kappa shape index (κ2) is 8.80. The third-order valence-corrected chi connectivity index (χ3v) is 3.37. The Labute approximate surface area is 157 Å². The lowest BCUT2D eigenvalue weighted by molar-refractivity contribution is -0.137. The summed E-state index contributed by atoms with van der Waals surface area (Å²) in [5.74, 6) is -2.86. The molecule has 0 spiro atoms. The molecule has 0 saturated heterocycles. The minimum absolute atomic E-state index is 0.183. The third kappa shape index (κ3) is 5.66. The Balaban J connectivity index is 1.93. The van der Waals surface area contributed by atoms with Crippen molar-refractivity contribution in [1.29, 1.82) is 0 Å². The Kier molecular flexibility index (Phi) is 6.48. The fourth-order valence-corrected chi connectivity index (χ4v) is 2.00. The lowest BCUT2D eigenvalue weighted by Gasteiger charge is -2.09. The molecule has 0 radical (unpaired) electrons. The van der Waals surface area contributed by atoms with Gasteiger partial charge in [0.2, 0.25) is 0 Å². The van der Waals surface area contributed by atoms with E-state index in [2.05, 4.69) is 15.2 Å². The molecular formula is C18H14F3N3O4. The lowest BCUT2D eigenvalue weighted by atomic mass is 10.1. The van der Waals surface area contributed by atoms with Gasteiger partial charge in [0.1, 0.15) is 0 Å². The summed E-state index contributed by atoms with van der Waals surface area (Å²) in [7, 11) is 1.25. The number of hydrogen-bond donors (Lipinski definition) is 2. The minimum atomic E-state index is -4.57. The van der Waals surface area contributed by atoms with E-state index in [1.54, 1.807) is 0 Å². The van der Waals surface area contributed by atoms with Gasteiger partial charge < -0.3 is 10.1 Å². The maximum absolute atomic E-state index is 12.6. The average Bonchev–Trinajstić information content (AvgIpc) is 2.67. The van der Waals surface area contributed by atoms with E-state index in [-0.39, 0.29) is 5.69 Å². The summed E-state index contributed by atoms with van der Waals surface area (Å²) in [6.07, 6.45) is -3.35. The highest BCUT2D eigenvalue weighted by atomic mass is 19.4. The van der Waals surface area contributed by atoms with E-state index in [1.165, 1.54) is 43.7 Å². The molecule has 0 aliphatic rings. The molecule has 0 atom stereocenters. The number of alkyl halides is 3. The van der Waals surface area contributed by atoms with Crippen LogP contribution >= 0.6 is 0 Å². The van der Waals surface area contributed by atoms with Gasteiger partial charge in [-0.2, -0.15) is 18.3 Å². The molecule has 7 nitrogen and oxygen atoms in total. The van der Waals surface area contributed by atoms with Crippen molar-refractivity contribution in [3.05, 3.63) is 65.2 Å². The van der Waals surface area contributed by atoms with E-state index < -0.39 is 29.5 Å². The molecule has 10 heteroatoms. The molecular weight excluding hydrogens is 379 g/mol. The smallest absolute Gasteiger partial charge is 0.416 e. The lowest BCUT2D eigenvalue weighted by Crippen LogP contribution is -2.32. The summed E-state index contributed by atoms with van der Waals surface area (Å²) in [5, 5.41) is 5.63. The monoisotopic (exact) mass is 393 g/mol. The normalized spacial score (nSPS) is 11.1. The Hall–Kier alpha value is -3.69. The largest absolute Gasteiger partial charge is 0.465 e. The van der Waals surface area contributed by atoms with Gasteiger partial charge >= 0.3 is 24.0 Å². The summed E-state index contributed by atoms with van der Waals surface area (Å²) in [6, 6.07) is 9.89. The van der Waals surface area contributed by atoms with E-state index in [0.717, 1.165) is 12.1 Å². The number of hydrazone groups is 1. The van der Waals surface area contributed by atoms with Crippen LogP contribution in [0.25, 0.3) is 0 Å². The first kappa shape index (κ1) is 20.6. The third-order valence-electron chi connectivity index (χ3n) is 3.37. The summed E-state index contributed by atoms with van der Waals surface area (Å²) < 4.78 is 42.5. The zero-order chi connectivity index (χ0) is 20.7. The topological polar surface area (TPSA) is 96.9 Å². The van der Waals surface area contributed by atoms with Gasteiger partial charge in [0.05, 0.1) is 24.5 Å². The van der Waals surface area contributed by atoms with Gasteiger partial charge in [-0.05, 0) is 35.9 Å². The van der Waals surface area contributed by atoms with Gasteiger partial charge in [-0.15, -0.1) is 0 Å². The number of halogens is 3. The number of esters is 1. The number of hydrogen-bond acceptors (Lipinski definition) is 5. The van der Waals surface area contributed by atoms with Crippen LogP contribution in [0.4, 0.5) is 18.9 Å². The number of benzene rings is 2. The highest BCUT2D eigenvalue weighted by Crippen LogP contribution is 2.30. The molecule has 0 heterocycles. The standard InChI is InChI=1S/C18H14F3N3O4/c1-28-17(27)12-7-5-11(6-8-12)10-22-24-16(26)15(25)23-14-4-2-3-13(9-14)18(19,20)21/h2-10H,1H3,(H,23,25)(H,24,26). The van der Waals surface area contributed by atoms with E-state index in [9.17, 15) is 27.6 Å². The quantitative estimate of drug-likeness (QED) is 0.361. The zero-order valence-corrected chi connectivity index (χ0v) is 14.4. The molecule has 0 bridgehead atoms. The van der Waals surface area contributed by atoms with Crippen molar-refractivity contribution in [2.75, 3.05) is 12.4 Å². The van der Waals surface area contributed by atoms with Crippen molar-refractivity contribution in [1.82, 2.24) is 5.43 Å². The van der Waals surface area contributed by atoms with Crippen LogP contribution in [-0.2, 0) is 20.5 Å². The van der Waals surface area contributed by atoms with E-state index in [4.69, 9.17) is 0 Å². The van der Waals surface area contributed by atoms with Gasteiger partial charge in [-0.25, -0.2) is 10.2 Å². The number of nitrogens with zero attached hydrogens (tertiary/aromatic N) is 1. The van der Waals surface area contributed by atoms with Crippen molar-refractivity contribution < 1.29 is 32.3 Å². The maximum atomic E-state index is 12.6. The van der Waals surface area contributed by atoms with Crippen molar-refractivity contribution in [2.24, 2.45) is 5.10 Å². The summed E-state index contributed by atoms with van der Waals surface area (Å²) in [4.78, 5) is 34.7. The SMILES string of the molecule is COC(=O)c1ccc(C=NNC(=O)C(=O)Nc2cccc(C(F)(F)F)c2)cc1. The number of amides is 2. The molecule has 146 valence electrons. The summed E-state index contributed by atoms with van der Waals surface area (Å²) in [5.41, 5.74) is 1.65. The van der Waals surface area contributed by atoms with Crippen molar-refractivity contribution in [2.45, 2.75) is 6.18 Å². The predicted octanol–water partition coefficient (Wildman–Crippen LogP) is 2.58. The van der Waals surface area contributed by atoms with Crippen LogP contribution in [0.5, 0.6) is 0 Å². The van der Waals surface area contributed by atoms with Gasteiger partial charge in [0.15, 0.2) is 0 Å². The highest BCUT2D eigenvalue weighted by molar-refractivity contribution is 6.39. The fourth-order valence-electron chi connectivity index (χ4n) is 2.00. The first-order chi connectivity index (χ1) is 13.2. The molecule has 2 aromatic rings. The van der Waals surface area contributed by atoms with E-state index in [0.29, 0.717) is 17.2 Å². The predicted molar refractivity (Wildman–Crippen MR) is 93.6 cm³/mol. The Morgan fingerprint density at radius 3 is 2.32 bits per heavy atom. The molecule has 2 N–H and O–H groups in total. The fraction of sp³-hybridized carbons (Fsp3) is 0.111. The van der Waals surface area contributed by atoms with Crippen LogP contribution in [0, 0.1) is 0 Å². The Morgan fingerprint density at radius 2 is 1.71 bits per heavy atom.